The minimum absolute atomic E-state index is 0.0801. The Morgan fingerprint density at radius 2 is 1.82 bits per heavy atom. The predicted molar refractivity (Wildman–Crippen MR) is 151 cm³/mol. The van der Waals surface area contributed by atoms with Crippen LogP contribution in [-0.4, -0.2) is 32.5 Å². The zero-order valence-corrected chi connectivity index (χ0v) is 22.0. The van der Waals surface area contributed by atoms with E-state index in [1.54, 1.807) is 18.2 Å². The van der Waals surface area contributed by atoms with Crippen molar-refractivity contribution in [2.75, 3.05) is 6.54 Å². The van der Waals surface area contributed by atoms with E-state index in [0.29, 0.717) is 28.0 Å². The summed E-state index contributed by atoms with van der Waals surface area (Å²) in [5.41, 5.74) is 1.42. The van der Waals surface area contributed by atoms with E-state index in [1.807, 2.05) is 30.3 Å². The second-order valence-electron chi connectivity index (χ2n) is 8.86. The molecule has 0 aliphatic heterocycles. The number of carbonyl (C=O) groups excluding carboxylic acids is 1. The van der Waals surface area contributed by atoms with Gasteiger partial charge in [-0.25, -0.2) is 13.8 Å². The van der Waals surface area contributed by atoms with Crippen molar-refractivity contribution in [1.29, 1.82) is 0 Å². The molecule has 2 heterocycles. The highest BCUT2D eigenvalue weighted by Crippen LogP contribution is 2.33. The largest absolute Gasteiger partial charge is 0.507 e. The SMILES string of the molecule is O=C(/C=C/c1c(F)ccc(Cl)c1F)NC[C@H](c1ccccc1)c1nc(-c2ccc3[nH]c(=O)cc(O)c3c2)c(Cl)[nH]1. The first-order valence-corrected chi connectivity index (χ1v) is 12.7. The van der Waals surface area contributed by atoms with Gasteiger partial charge >= 0.3 is 0 Å². The van der Waals surface area contributed by atoms with Gasteiger partial charge in [0.2, 0.25) is 5.91 Å². The van der Waals surface area contributed by atoms with E-state index in [-0.39, 0.29) is 22.5 Å². The lowest BCUT2D eigenvalue weighted by Crippen LogP contribution is -2.28. The number of hydrogen-bond acceptors (Lipinski definition) is 4. The van der Waals surface area contributed by atoms with Crippen LogP contribution >= 0.6 is 23.2 Å². The molecule has 0 bridgehead atoms. The fourth-order valence-corrected chi connectivity index (χ4v) is 4.70. The molecule has 0 saturated carbocycles. The molecule has 0 aliphatic carbocycles. The Labute approximate surface area is 236 Å². The molecular formula is C29H20Cl2F2N4O3. The van der Waals surface area contributed by atoms with Crippen LogP contribution in [0, 0.1) is 11.6 Å². The average molecular weight is 581 g/mol. The maximum absolute atomic E-state index is 14.2. The summed E-state index contributed by atoms with van der Waals surface area (Å²) >= 11 is 12.2. The van der Waals surface area contributed by atoms with Crippen LogP contribution < -0.4 is 10.9 Å². The van der Waals surface area contributed by atoms with Crippen molar-refractivity contribution in [3.63, 3.8) is 0 Å². The van der Waals surface area contributed by atoms with Gasteiger partial charge in [0.15, 0.2) is 5.82 Å². The molecule has 7 nitrogen and oxygen atoms in total. The number of rotatable bonds is 7. The summed E-state index contributed by atoms with van der Waals surface area (Å²) in [7, 11) is 0. The van der Waals surface area contributed by atoms with Gasteiger partial charge in [-0.15, -0.1) is 0 Å². The van der Waals surface area contributed by atoms with Gasteiger partial charge < -0.3 is 20.4 Å². The number of amides is 1. The summed E-state index contributed by atoms with van der Waals surface area (Å²) in [6, 6.07) is 17.5. The molecule has 202 valence electrons. The summed E-state index contributed by atoms with van der Waals surface area (Å²) in [5, 5.41) is 13.4. The smallest absolute Gasteiger partial charge is 0.252 e. The standard InChI is InChI=1S/C29H20Cl2F2N4O3/c30-20-8-9-21(32)17(26(20)33)7-11-24(39)34-14-19(15-4-2-1-3-5-15)29-36-27(28(31)37-29)16-6-10-22-18(12-16)23(38)13-25(40)35-22/h1-13,19H,14H2,(H,34,39)(H,36,37)(H2,35,38,40)/b11-7+/t19-/m1/s1. The Morgan fingerprint density at radius 1 is 1.05 bits per heavy atom. The predicted octanol–water partition coefficient (Wildman–Crippen LogP) is 6.17. The first-order chi connectivity index (χ1) is 19.2. The molecule has 4 N–H and O–H groups in total. The van der Waals surface area contributed by atoms with Crippen LogP contribution in [0.15, 0.2) is 77.6 Å². The first kappa shape index (κ1) is 27.1. The minimum Gasteiger partial charge on any atom is -0.507 e. The van der Waals surface area contributed by atoms with Crippen molar-refractivity contribution < 1.29 is 18.7 Å². The molecule has 0 unspecified atom stereocenters. The second kappa shape index (κ2) is 11.3. The van der Waals surface area contributed by atoms with E-state index >= 15 is 0 Å². The lowest BCUT2D eigenvalue weighted by atomic mass is 9.98. The van der Waals surface area contributed by atoms with Crippen LogP contribution in [0.2, 0.25) is 10.2 Å². The van der Waals surface area contributed by atoms with Crippen LogP contribution in [-0.2, 0) is 4.79 Å². The van der Waals surface area contributed by atoms with E-state index in [4.69, 9.17) is 28.2 Å². The lowest BCUT2D eigenvalue weighted by molar-refractivity contribution is -0.116. The Bertz CT molecular complexity index is 1820. The zero-order valence-electron chi connectivity index (χ0n) is 20.5. The molecule has 5 aromatic rings. The third-order valence-corrected chi connectivity index (χ3v) is 6.83. The maximum Gasteiger partial charge on any atom is 0.252 e. The van der Waals surface area contributed by atoms with Gasteiger partial charge in [-0.1, -0.05) is 59.6 Å². The molecule has 0 aliphatic rings. The van der Waals surface area contributed by atoms with Crippen molar-refractivity contribution in [2.24, 2.45) is 0 Å². The van der Waals surface area contributed by atoms with Crippen molar-refractivity contribution in [3.8, 4) is 17.0 Å². The summed E-state index contributed by atoms with van der Waals surface area (Å²) in [6.07, 6.45) is 2.04. The molecule has 3 aromatic carbocycles. The first-order valence-electron chi connectivity index (χ1n) is 12.0. The number of aromatic nitrogens is 3. The summed E-state index contributed by atoms with van der Waals surface area (Å²) in [4.78, 5) is 34.7. The molecule has 0 saturated heterocycles. The highest BCUT2D eigenvalue weighted by Gasteiger charge is 2.22. The number of H-pyrrole nitrogens is 2. The Hall–Kier alpha value is -4.47. The van der Waals surface area contributed by atoms with Crippen LogP contribution in [0.4, 0.5) is 8.78 Å². The molecule has 1 amide bonds. The van der Waals surface area contributed by atoms with Crippen molar-refractivity contribution in [2.45, 2.75) is 5.92 Å². The zero-order chi connectivity index (χ0) is 28.4. The third-order valence-electron chi connectivity index (χ3n) is 6.27. The van der Waals surface area contributed by atoms with Gasteiger partial charge in [0.25, 0.3) is 5.56 Å². The van der Waals surface area contributed by atoms with E-state index in [0.717, 1.165) is 35.9 Å². The number of benzene rings is 3. The molecule has 0 fully saturated rings. The molecule has 5 rings (SSSR count). The van der Waals surface area contributed by atoms with E-state index in [9.17, 15) is 23.5 Å². The fraction of sp³-hybridized carbons (Fsp3) is 0.0690. The molecule has 0 spiro atoms. The highest BCUT2D eigenvalue weighted by atomic mass is 35.5. The molecule has 1 atom stereocenters. The Balaban J connectivity index is 1.42. The topological polar surface area (TPSA) is 111 Å². The molecule has 0 radical (unpaired) electrons. The molecule has 2 aromatic heterocycles. The van der Waals surface area contributed by atoms with Crippen LogP contribution in [0.25, 0.3) is 28.2 Å². The third kappa shape index (κ3) is 5.61. The van der Waals surface area contributed by atoms with Crippen LogP contribution in [0.3, 0.4) is 0 Å². The number of hydrogen-bond donors (Lipinski definition) is 4. The summed E-state index contributed by atoms with van der Waals surface area (Å²) < 4.78 is 28.2. The van der Waals surface area contributed by atoms with E-state index in [1.165, 1.54) is 0 Å². The van der Waals surface area contributed by atoms with Gasteiger partial charge in [0, 0.05) is 35.2 Å². The Kier molecular flexibility index (Phi) is 7.68. The Morgan fingerprint density at radius 3 is 2.60 bits per heavy atom. The van der Waals surface area contributed by atoms with Gasteiger partial charge in [0.05, 0.1) is 16.5 Å². The number of fused-ring (bicyclic) bond motifs is 1. The number of aromatic hydroxyl groups is 1. The number of nitrogens with zero attached hydrogens (tertiary/aromatic N) is 1. The summed E-state index contributed by atoms with van der Waals surface area (Å²) in [6.45, 7) is 0.0801. The van der Waals surface area contributed by atoms with Crippen molar-refractivity contribution >= 4 is 46.1 Å². The number of carbonyl (C=O) groups is 1. The minimum atomic E-state index is -0.959. The van der Waals surface area contributed by atoms with Crippen LogP contribution in [0.5, 0.6) is 5.75 Å². The monoisotopic (exact) mass is 580 g/mol. The van der Waals surface area contributed by atoms with Gasteiger partial charge in [0.1, 0.15) is 28.2 Å². The normalized spacial score (nSPS) is 12.2. The van der Waals surface area contributed by atoms with E-state index < -0.39 is 34.6 Å². The lowest BCUT2D eigenvalue weighted by Gasteiger charge is -2.15. The average Bonchev–Trinajstić information content (AvgIpc) is 3.32. The van der Waals surface area contributed by atoms with Crippen LogP contribution in [0.1, 0.15) is 22.9 Å². The van der Waals surface area contributed by atoms with Gasteiger partial charge in [-0.2, -0.15) is 0 Å². The second-order valence-corrected chi connectivity index (χ2v) is 9.65. The molecule has 40 heavy (non-hydrogen) atoms. The van der Waals surface area contributed by atoms with Gasteiger partial charge in [-0.05, 0) is 35.9 Å². The number of imidazole rings is 1. The number of pyridine rings is 1. The summed E-state index contributed by atoms with van der Waals surface area (Å²) in [5.74, 6) is -2.58. The quantitative estimate of drug-likeness (QED) is 0.136. The number of aromatic amines is 2. The highest BCUT2D eigenvalue weighted by molar-refractivity contribution is 6.32. The van der Waals surface area contributed by atoms with Crippen molar-refractivity contribution in [1.82, 2.24) is 20.3 Å². The maximum atomic E-state index is 14.2. The fourth-order valence-electron chi connectivity index (χ4n) is 4.28. The van der Waals surface area contributed by atoms with E-state index in [2.05, 4.69) is 15.3 Å². The van der Waals surface area contributed by atoms with Gasteiger partial charge in [-0.3, -0.25) is 9.59 Å². The number of nitrogens with one attached hydrogen (secondary N) is 3. The molecular weight excluding hydrogens is 561 g/mol. The number of halogens is 4. The van der Waals surface area contributed by atoms with Crippen molar-refractivity contribution in [3.05, 3.63) is 122 Å². The molecule has 11 heteroatoms.